The summed E-state index contributed by atoms with van der Waals surface area (Å²) in [4.78, 5) is 15.1. The molecule has 0 radical (unpaired) electrons. The van der Waals surface area contributed by atoms with E-state index in [1.165, 1.54) is 19.3 Å². The van der Waals surface area contributed by atoms with Gasteiger partial charge in [-0.3, -0.25) is 9.69 Å². The highest BCUT2D eigenvalue weighted by Gasteiger charge is 2.50. The third-order valence-corrected chi connectivity index (χ3v) is 10.9. The van der Waals surface area contributed by atoms with Crippen LogP contribution in [0.5, 0.6) is 0 Å². The number of nitrogens with zero attached hydrogens (tertiary/aromatic N) is 1. The van der Waals surface area contributed by atoms with Crippen LogP contribution < -0.4 is 5.32 Å². The first-order valence-electron chi connectivity index (χ1n) is 18.0. The summed E-state index contributed by atoms with van der Waals surface area (Å²) in [6.45, 7) is 8.77. The molecule has 280 valence electrons. The Labute approximate surface area is 305 Å². The average Bonchev–Trinajstić information content (AvgIpc) is 3.39. The SMILES string of the molecule is CC1(C)CC2CC(C)(CN2C[C@@H]2C[C@H](c3ccc(CO)cc3)O[C@H](c3ccc(-c4cccc(CNC(=O)c5c(F)c(F)c(F)c(F)c5F)c4)cc3)O2)C1. The number of amides is 1. The minimum atomic E-state index is -2.33. The molecule has 5 atom stereocenters. The van der Waals surface area contributed by atoms with E-state index in [2.05, 4.69) is 31.0 Å². The van der Waals surface area contributed by atoms with Crippen LogP contribution >= 0.6 is 0 Å². The minimum absolute atomic E-state index is 0.0338. The topological polar surface area (TPSA) is 71.0 Å². The van der Waals surface area contributed by atoms with Crippen LogP contribution in [0.2, 0.25) is 0 Å². The van der Waals surface area contributed by atoms with E-state index in [0.29, 0.717) is 28.9 Å². The van der Waals surface area contributed by atoms with E-state index >= 15 is 0 Å². The molecule has 6 nitrogen and oxygen atoms in total. The van der Waals surface area contributed by atoms with E-state index in [4.69, 9.17) is 9.47 Å². The van der Waals surface area contributed by atoms with E-state index in [9.17, 15) is 31.9 Å². The number of halogens is 5. The molecule has 2 saturated heterocycles. The van der Waals surface area contributed by atoms with Gasteiger partial charge in [-0.15, -0.1) is 0 Å². The maximum Gasteiger partial charge on any atom is 0.257 e. The zero-order valence-electron chi connectivity index (χ0n) is 29.9. The maximum atomic E-state index is 14.2. The number of fused-ring (bicyclic) bond motifs is 2. The Morgan fingerprint density at radius 2 is 1.47 bits per heavy atom. The van der Waals surface area contributed by atoms with E-state index in [0.717, 1.165) is 40.9 Å². The summed E-state index contributed by atoms with van der Waals surface area (Å²) >= 11 is 0. The molecule has 4 aromatic carbocycles. The van der Waals surface area contributed by atoms with E-state index in [-0.39, 0.29) is 25.4 Å². The number of nitrogens with one attached hydrogen (secondary N) is 1. The van der Waals surface area contributed by atoms with Gasteiger partial charge in [0, 0.05) is 37.7 Å². The number of benzene rings is 4. The van der Waals surface area contributed by atoms with Crippen molar-refractivity contribution in [2.45, 2.75) is 84.1 Å². The van der Waals surface area contributed by atoms with Gasteiger partial charge in [0.05, 0.1) is 18.8 Å². The lowest BCUT2D eigenvalue weighted by Crippen LogP contribution is -2.42. The first-order chi connectivity index (χ1) is 25.2. The standard InChI is InChI=1S/C42H43F5N2O4/c1-41(2)17-30-18-42(3,22-41)23-49(30)20-31-16-32(27-9-7-24(21-50)8-10-27)53-40(52-31)28-13-11-26(12-14-28)29-6-4-5-25(15-29)19-48-39(51)33-34(43)36(45)38(47)37(46)35(33)44/h4-15,30-32,40,50H,16-23H2,1-3H3,(H,48,51)/t30?,31-,32+,40+,42?/m0/s1. The van der Waals surface area contributed by atoms with Gasteiger partial charge in [-0.1, -0.05) is 87.5 Å². The highest BCUT2D eigenvalue weighted by atomic mass is 19.2. The number of hydrogen-bond acceptors (Lipinski definition) is 5. The largest absolute Gasteiger partial charge is 0.392 e. The molecule has 0 spiro atoms. The summed E-state index contributed by atoms with van der Waals surface area (Å²) in [5, 5.41) is 11.8. The van der Waals surface area contributed by atoms with Gasteiger partial charge in [-0.25, -0.2) is 22.0 Å². The fourth-order valence-corrected chi connectivity index (χ4v) is 8.85. The van der Waals surface area contributed by atoms with Crippen LogP contribution in [0.3, 0.4) is 0 Å². The van der Waals surface area contributed by atoms with Gasteiger partial charge in [0.1, 0.15) is 5.56 Å². The number of rotatable bonds is 9. The Morgan fingerprint density at radius 3 is 2.15 bits per heavy atom. The van der Waals surface area contributed by atoms with Crippen LogP contribution in [0.25, 0.3) is 11.1 Å². The number of carbonyl (C=O) groups is 1. The van der Waals surface area contributed by atoms with Crippen molar-refractivity contribution in [3.8, 4) is 11.1 Å². The van der Waals surface area contributed by atoms with Crippen LogP contribution in [0, 0.1) is 39.9 Å². The fraction of sp³-hybridized carbons (Fsp3) is 0.405. The molecule has 0 aromatic heterocycles. The predicted octanol–water partition coefficient (Wildman–Crippen LogP) is 8.92. The van der Waals surface area contributed by atoms with Crippen molar-refractivity contribution in [2.24, 2.45) is 10.8 Å². The molecule has 11 heteroatoms. The second kappa shape index (κ2) is 14.6. The van der Waals surface area contributed by atoms with Gasteiger partial charge >= 0.3 is 0 Å². The van der Waals surface area contributed by atoms with Gasteiger partial charge in [0.15, 0.2) is 29.6 Å². The van der Waals surface area contributed by atoms with Crippen LogP contribution in [0.4, 0.5) is 22.0 Å². The van der Waals surface area contributed by atoms with Gasteiger partial charge in [-0.05, 0) is 64.0 Å². The molecule has 2 bridgehead atoms. The Kier molecular flexibility index (Phi) is 10.2. The molecule has 2 unspecified atom stereocenters. The first kappa shape index (κ1) is 37.2. The molecular formula is C42H43F5N2O4. The Balaban J connectivity index is 1.07. The predicted molar refractivity (Wildman–Crippen MR) is 189 cm³/mol. The zero-order chi connectivity index (χ0) is 37.7. The van der Waals surface area contributed by atoms with Crippen molar-refractivity contribution < 1.29 is 41.3 Å². The van der Waals surface area contributed by atoms with Gasteiger partial charge in [0.25, 0.3) is 5.91 Å². The third-order valence-electron chi connectivity index (χ3n) is 10.9. The summed E-state index contributed by atoms with van der Waals surface area (Å²) in [5.74, 6) is -12.5. The monoisotopic (exact) mass is 734 g/mol. The molecule has 1 amide bonds. The van der Waals surface area contributed by atoms with Crippen LogP contribution in [0.1, 0.15) is 91.5 Å². The Bertz CT molecular complexity index is 1960. The van der Waals surface area contributed by atoms with E-state index < -0.39 is 46.8 Å². The summed E-state index contributed by atoms with van der Waals surface area (Å²) in [6.07, 6.45) is 3.38. The van der Waals surface area contributed by atoms with Crippen molar-refractivity contribution in [1.82, 2.24) is 10.2 Å². The quantitative estimate of drug-likeness (QED) is 0.102. The van der Waals surface area contributed by atoms with Gasteiger partial charge in [0.2, 0.25) is 5.82 Å². The smallest absolute Gasteiger partial charge is 0.257 e. The number of carbonyl (C=O) groups excluding carboxylic acids is 1. The molecule has 3 fully saturated rings. The number of ether oxygens (including phenoxy) is 2. The molecule has 4 aromatic rings. The number of likely N-dealkylation sites (tertiary alicyclic amines) is 1. The van der Waals surface area contributed by atoms with Crippen molar-refractivity contribution in [3.63, 3.8) is 0 Å². The maximum absolute atomic E-state index is 14.2. The number of aliphatic hydroxyl groups is 1. The number of aliphatic hydroxyl groups excluding tert-OH is 1. The highest BCUT2D eigenvalue weighted by molar-refractivity contribution is 5.94. The summed E-state index contributed by atoms with van der Waals surface area (Å²) < 4.78 is 82.3. The molecule has 3 aliphatic rings. The average molecular weight is 735 g/mol. The number of hydrogen-bond donors (Lipinski definition) is 2. The summed E-state index contributed by atoms with van der Waals surface area (Å²) in [7, 11) is 0. The van der Waals surface area contributed by atoms with Crippen LogP contribution in [-0.2, 0) is 22.6 Å². The van der Waals surface area contributed by atoms with Crippen molar-refractivity contribution in [2.75, 3.05) is 13.1 Å². The molecular weight excluding hydrogens is 691 g/mol. The van der Waals surface area contributed by atoms with Gasteiger partial charge in [-0.2, -0.15) is 0 Å². The highest BCUT2D eigenvalue weighted by Crippen LogP contribution is 2.53. The zero-order valence-corrected chi connectivity index (χ0v) is 29.9. The third kappa shape index (κ3) is 7.76. The Hall–Kier alpha value is -4.16. The first-order valence-corrected chi connectivity index (χ1v) is 18.0. The lowest BCUT2D eigenvalue weighted by molar-refractivity contribution is -0.253. The molecule has 2 heterocycles. The molecule has 7 rings (SSSR count). The fourth-order valence-electron chi connectivity index (χ4n) is 8.85. The van der Waals surface area contributed by atoms with Crippen molar-refractivity contribution >= 4 is 5.91 Å². The second-order valence-corrected chi connectivity index (χ2v) is 15.9. The van der Waals surface area contributed by atoms with E-state index in [1.807, 2.05) is 54.6 Å². The normalized spacial score (nSPS) is 25.4. The van der Waals surface area contributed by atoms with E-state index in [1.54, 1.807) is 18.2 Å². The molecule has 2 aliphatic heterocycles. The Morgan fingerprint density at radius 1 is 0.811 bits per heavy atom. The lowest BCUT2D eigenvalue weighted by Gasteiger charge is -2.41. The summed E-state index contributed by atoms with van der Waals surface area (Å²) in [5.41, 5.74) is 3.93. The van der Waals surface area contributed by atoms with Crippen LogP contribution in [0.15, 0.2) is 72.8 Å². The van der Waals surface area contributed by atoms with Crippen LogP contribution in [-0.4, -0.2) is 41.1 Å². The molecule has 53 heavy (non-hydrogen) atoms. The molecule has 1 saturated carbocycles. The summed E-state index contributed by atoms with van der Waals surface area (Å²) in [6, 6.07) is 23.1. The minimum Gasteiger partial charge on any atom is -0.392 e. The second-order valence-electron chi connectivity index (χ2n) is 15.9. The molecule has 2 N–H and O–H groups in total. The lowest BCUT2D eigenvalue weighted by atomic mass is 9.65. The van der Waals surface area contributed by atoms with Gasteiger partial charge < -0.3 is 19.9 Å². The van der Waals surface area contributed by atoms with Crippen molar-refractivity contribution in [1.29, 1.82) is 0 Å². The molecule has 1 aliphatic carbocycles. The van der Waals surface area contributed by atoms with Crippen molar-refractivity contribution in [3.05, 3.63) is 130 Å².